The number of hydrogen-bond donors (Lipinski definition) is 1. The Balaban J connectivity index is 0.000000980. The number of aryl methyl sites for hydroxylation is 1. The van der Waals surface area contributed by atoms with Gasteiger partial charge in [0, 0.05) is 24.5 Å². The third-order valence-electron chi connectivity index (χ3n) is 1.95. The lowest BCUT2D eigenvalue weighted by Gasteiger charge is -1.96. The molecular weight excluding hydrogens is 233 g/mol. The highest BCUT2D eigenvalue weighted by molar-refractivity contribution is 5.85. The van der Waals surface area contributed by atoms with Crippen molar-refractivity contribution in [1.29, 1.82) is 0 Å². The highest BCUT2D eigenvalue weighted by Crippen LogP contribution is 2.18. The van der Waals surface area contributed by atoms with Crippen LogP contribution >= 0.6 is 24.8 Å². The second-order valence-electron chi connectivity index (χ2n) is 3.02. The van der Waals surface area contributed by atoms with Crippen molar-refractivity contribution < 1.29 is 0 Å². The Morgan fingerprint density at radius 2 is 1.67 bits per heavy atom. The first-order chi connectivity index (χ1) is 6.25. The Kier molecular flexibility index (Phi) is 5.19. The summed E-state index contributed by atoms with van der Waals surface area (Å²) in [7, 11) is 1.90. The average molecular weight is 246 g/mol. The number of hydrogen-bond acceptors (Lipinski definition) is 2. The van der Waals surface area contributed by atoms with E-state index in [1.54, 1.807) is 4.68 Å². The predicted octanol–water partition coefficient (Wildman–Crippen LogP) is 2.51. The highest BCUT2D eigenvalue weighted by Gasteiger charge is 1.98. The second kappa shape index (κ2) is 5.63. The lowest BCUT2D eigenvalue weighted by atomic mass is 10.1. The molecule has 0 aliphatic carbocycles. The molecule has 2 N–H and O–H groups in total. The maximum Gasteiger partial charge on any atom is 0.0568 e. The minimum Gasteiger partial charge on any atom is -0.399 e. The lowest BCUT2D eigenvalue weighted by Crippen LogP contribution is -1.84. The zero-order valence-corrected chi connectivity index (χ0v) is 9.89. The Bertz CT molecular complexity index is 409. The third kappa shape index (κ3) is 3.15. The maximum absolute atomic E-state index is 5.59. The van der Waals surface area contributed by atoms with Crippen LogP contribution in [-0.2, 0) is 7.05 Å². The number of nitrogens with two attached hydrogens (primary N) is 1. The number of benzene rings is 1. The standard InChI is InChI=1S/C10H11N3.2ClH/c1-13-7-9(6-12-13)8-2-4-10(11)5-3-8;;/h2-7H,11H2,1H3;2*1H. The summed E-state index contributed by atoms with van der Waals surface area (Å²) in [4.78, 5) is 0. The van der Waals surface area contributed by atoms with Crippen molar-refractivity contribution in [3.63, 3.8) is 0 Å². The quantitative estimate of drug-likeness (QED) is 0.785. The number of nitrogens with zero attached hydrogens (tertiary/aromatic N) is 2. The summed E-state index contributed by atoms with van der Waals surface area (Å²) in [5.74, 6) is 0. The van der Waals surface area contributed by atoms with Crippen molar-refractivity contribution in [3.8, 4) is 11.1 Å². The second-order valence-corrected chi connectivity index (χ2v) is 3.02. The Hall–Kier alpha value is -1.19. The van der Waals surface area contributed by atoms with Crippen molar-refractivity contribution in [2.75, 3.05) is 5.73 Å². The summed E-state index contributed by atoms with van der Waals surface area (Å²) in [6.45, 7) is 0. The molecule has 0 aliphatic rings. The van der Waals surface area contributed by atoms with E-state index >= 15 is 0 Å². The lowest BCUT2D eigenvalue weighted by molar-refractivity contribution is 0.768. The first kappa shape index (κ1) is 13.8. The van der Waals surface area contributed by atoms with E-state index in [-0.39, 0.29) is 24.8 Å². The fourth-order valence-corrected chi connectivity index (χ4v) is 1.25. The fraction of sp³-hybridized carbons (Fsp3) is 0.100. The molecule has 0 amide bonds. The molecule has 1 aromatic heterocycles. The molecule has 0 saturated heterocycles. The smallest absolute Gasteiger partial charge is 0.0568 e. The monoisotopic (exact) mass is 245 g/mol. The Labute approximate surface area is 101 Å². The van der Waals surface area contributed by atoms with Gasteiger partial charge in [-0.2, -0.15) is 5.10 Å². The number of halogens is 2. The zero-order chi connectivity index (χ0) is 9.26. The van der Waals surface area contributed by atoms with Crippen molar-refractivity contribution in [3.05, 3.63) is 36.7 Å². The van der Waals surface area contributed by atoms with Crippen LogP contribution in [0.3, 0.4) is 0 Å². The van der Waals surface area contributed by atoms with Gasteiger partial charge in [-0.1, -0.05) is 12.1 Å². The molecule has 0 unspecified atom stereocenters. The van der Waals surface area contributed by atoms with Crippen LogP contribution in [-0.4, -0.2) is 9.78 Å². The van der Waals surface area contributed by atoms with Gasteiger partial charge < -0.3 is 5.73 Å². The molecule has 0 spiro atoms. The van der Waals surface area contributed by atoms with Gasteiger partial charge in [-0.25, -0.2) is 0 Å². The van der Waals surface area contributed by atoms with Crippen LogP contribution in [0.1, 0.15) is 0 Å². The summed E-state index contributed by atoms with van der Waals surface area (Å²) in [5.41, 5.74) is 8.63. The van der Waals surface area contributed by atoms with E-state index in [9.17, 15) is 0 Å². The molecule has 2 aromatic rings. The van der Waals surface area contributed by atoms with Gasteiger partial charge >= 0.3 is 0 Å². The van der Waals surface area contributed by atoms with E-state index in [0.29, 0.717) is 0 Å². The van der Waals surface area contributed by atoms with Crippen LogP contribution < -0.4 is 5.73 Å². The van der Waals surface area contributed by atoms with Crippen LogP contribution in [0, 0.1) is 0 Å². The molecule has 15 heavy (non-hydrogen) atoms. The molecule has 1 aromatic carbocycles. The molecule has 5 heteroatoms. The molecule has 2 rings (SSSR count). The normalized spacial score (nSPS) is 8.87. The molecule has 82 valence electrons. The number of nitrogen functional groups attached to an aromatic ring is 1. The molecule has 0 atom stereocenters. The summed E-state index contributed by atoms with van der Waals surface area (Å²) < 4.78 is 1.78. The van der Waals surface area contributed by atoms with Crippen molar-refractivity contribution in [1.82, 2.24) is 9.78 Å². The number of rotatable bonds is 1. The molecule has 0 fully saturated rings. The average Bonchev–Trinajstić information content (AvgIpc) is 2.53. The SMILES string of the molecule is Cl.Cl.Cn1cc(-c2ccc(N)cc2)cn1. The van der Waals surface area contributed by atoms with Gasteiger partial charge in [0.2, 0.25) is 0 Å². The first-order valence-corrected chi connectivity index (χ1v) is 4.10. The van der Waals surface area contributed by atoms with Gasteiger partial charge in [0.1, 0.15) is 0 Å². The third-order valence-corrected chi connectivity index (χ3v) is 1.95. The number of anilines is 1. The van der Waals surface area contributed by atoms with Gasteiger partial charge in [0.15, 0.2) is 0 Å². The Morgan fingerprint density at radius 1 is 1.07 bits per heavy atom. The molecule has 0 aliphatic heterocycles. The minimum atomic E-state index is 0. The van der Waals surface area contributed by atoms with E-state index in [1.807, 2.05) is 43.7 Å². The fourth-order valence-electron chi connectivity index (χ4n) is 1.25. The minimum absolute atomic E-state index is 0. The molecule has 3 nitrogen and oxygen atoms in total. The van der Waals surface area contributed by atoms with E-state index < -0.39 is 0 Å². The topological polar surface area (TPSA) is 43.8 Å². The molecule has 1 heterocycles. The molecular formula is C10H13Cl2N3. The van der Waals surface area contributed by atoms with Gasteiger partial charge in [0.05, 0.1) is 6.20 Å². The summed E-state index contributed by atoms with van der Waals surface area (Å²) in [6, 6.07) is 7.77. The van der Waals surface area contributed by atoms with Gasteiger partial charge in [-0.15, -0.1) is 24.8 Å². The number of aromatic nitrogens is 2. The molecule has 0 saturated carbocycles. The van der Waals surface area contributed by atoms with Crippen molar-refractivity contribution in [2.45, 2.75) is 0 Å². The Morgan fingerprint density at radius 3 is 2.13 bits per heavy atom. The first-order valence-electron chi connectivity index (χ1n) is 4.10. The largest absolute Gasteiger partial charge is 0.399 e. The van der Waals surface area contributed by atoms with E-state index in [1.165, 1.54) is 0 Å². The van der Waals surface area contributed by atoms with E-state index in [2.05, 4.69) is 5.10 Å². The summed E-state index contributed by atoms with van der Waals surface area (Å²) >= 11 is 0. The van der Waals surface area contributed by atoms with Crippen LogP contribution in [0.4, 0.5) is 5.69 Å². The maximum atomic E-state index is 5.59. The molecule has 0 radical (unpaired) electrons. The zero-order valence-electron chi connectivity index (χ0n) is 8.25. The van der Waals surface area contributed by atoms with Crippen LogP contribution in [0.25, 0.3) is 11.1 Å². The summed E-state index contributed by atoms with van der Waals surface area (Å²) in [6.07, 6.45) is 3.82. The van der Waals surface area contributed by atoms with E-state index in [4.69, 9.17) is 5.73 Å². The van der Waals surface area contributed by atoms with Crippen LogP contribution in [0.15, 0.2) is 36.7 Å². The molecule has 0 bridgehead atoms. The summed E-state index contributed by atoms with van der Waals surface area (Å²) in [5, 5.41) is 4.10. The van der Waals surface area contributed by atoms with E-state index in [0.717, 1.165) is 16.8 Å². The van der Waals surface area contributed by atoms with Crippen LogP contribution in [0.2, 0.25) is 0 Å². The highest BCUT2D eigenvalue weighted by atomic mass is 35.5. The van der Waals surface area contributed by atoms with Gasteiger partial charge in [0.25, 0.3) is 0 Å². The predicted molar refractivity (Wildman–Crippen MR) is 67.6 cm³/mol. The van der Waals surface area contributed by atoms with Gasteiger partial charge in [-0.05, 0) is 17.7 Å². The van der Waals surface area contributed by atoms with Crippen LogP contribution in [0.5, 0.6) is 0 Å². The van der Waals surface area contributed by atoms with Crippen molar-refractivity contribution in [2.24, 2.45) is 7.05 Å². The van der Waals surface area contributed by atoms with Crippen molar-refractivity contribution >= 4 is 30.5 Å². The van der Waals surface area contributed by atoms with Gasteiger partial charge in [-0.3, -0.25) is 4.68 Å².